The van der Waals surface area contributed by atoms with Crippen LogP contribution in [0.15, 0.2) is 60.7 Å². The molecule has 0 bridgehead atoms. The van der Waals surface area contributed by atoms with Gasteiger partial charge in [0.25, 0.3) is 0 Å². The van der Waals surface area contributed by atoms with Gasteiger partial charge in [-0.05, 0) is 85.9 Å². The van der Waals surface area contributed by atoms with Gasteiger partial charge in [-0.15, -0.1) is 0 Å². The molecule has 2 heterocycles. The first-order chi connectivity index (χ1) is 19.2. The summed E-state index contributed by atoms with van der Waals surface area (Å²) in [5.41, 5.74) is 4.81. The molecule has 1 fully saturated rings. The van der Waals surface area contributed by atoms with Crippen molar-refractivity contribution in [2.45, 2.75) is 32.9 Å². The van der Waals surface area contributed by atoms with E-state index in [1.54, 1.807) is 6.07 Å². The maximum absolute atomic E-state index is 13.7. The van der Waals surface area contributed by atoms with Crippen LogP contribution in [0.3, 0.4) is 0 Å². The molecule has 1 amide bonds. The van der Waals surface area contributed by atoms with Crippen LogP contribution in [0.2, 0.25) is 5.02 Å². The first kappa shape index (κ1) is 27.8. The summed E-state index contributed by atoms with van der Waals surface area (Å²) < 4.78 is 13.7. The number of benzene rings is 3. The number of nitrogens with zero attached hydrogens (tertiary/aromatic N) is 4. The first-order valence-corrected chi connectivity index (χ1v) is 13.9. The van der Waals surface area contributed by atoms with Crippen LogP contribution in [0.25, 0.3) is 10.9 Å². The minimum absolute atomic E-state index is 0.0416. The molecule has 1 saturated heterocycles. The quantitative estimate of drug-likeness (QED) is 0.265. The summed E-state index contributed by atoms with van der Waals surface area (Å²) in [5, 5.41) is 7.65. The second-order valence-corrected chi connectivity index (χ2v) is 11.0. The predicted molar refractivity (Wildman–Crippen MR) is 160 cm³/mol. The highest BCUT2D eigenvalue weighted by atomic mass is 35.5. The molecule has 1 aromatic heterocycles. The standard InChI is InChI=1S/C31H34ClFN6O/c1-20-4-10-25-28(16-20)36-31(38(2)3)37-29(25)34-18-21-5-8-24(9-6-21)35-30(40)23-12-14-39(15-13-23)19-22-7-11-26(32)27(33)17-22/h4-11,16-17,23H,12-15,18-19H2,1-3H3,(H,35,40)(H,34,36,37). The second-order valence-electron chi connectivity index (χ2n) is 10.6. The zero-order valence-electron chi connectivity index (χ0n) is 23.0. The van der Waals surface area contributed by atoms with E-state index in [1.807, 2.05) is 55.4 Å². The molecule has 0 spiro atoms. The van der Waals surface area contributed by atoms with Crippen LogP contribution < -0.4 is 15.5 Å². The SMILES string of the molecule is Cc1ccc2c(NCc3ccc(NC(=O)C4CCN(Cc5ccc(Cl)c(F)c5)CC4)cc3)nc(N(C)C)nc2c1. The average Bonchev–Trinajstić information content (AvgIpc) is 2.94. The number of anilines is 3. The van der Waals surface area contributed by atoms with Gasteiger partial charge in [0.15, 0.2) is 0 Å². The molecule has 40 heavy (non-hydrogen) atoms. The van der Waals surface area contributed by atoms with E-state index in [4.69, 9.17) is 16.6 Å². The molecule has 0 saturated carbocycles. The van der Waals surface area contributed by atoms with Gasteiger partial charge in [0.1, 0.15) is 11.6 Å². The van der Waals surface area contributed by atoms with Crippen LogP contribution in [0, 0.1) is 18.7 Å². The van der Waals surface area contributed by atoms with E-state index in [2.05, 4.69) is 39.6 Å². The Balaban J connectivity index is 1.14. The van der Waals surface area contributed by atoms with Crippen molar-refractivity contribution >= 4 is 45.9 Å². The number of fused-ring (bicyclic) bond motifs is 1. The lowest BCUT2D eigenvalue weighted by Gasteiger charge is -2.31. The number of nitrogens with one attached hydrogen (secondary N) is 2. The number of halogens is 2. The van der Waals surface area contributed by atoms with Gasteiger partial charge < -0.3 is 15.5 Å². The molecule has 0 atom stereocenters. The molecule has 2 N–H and O–H groups in total. The summed E-state index contributed by atoms with van der Waals surface area (Å²) in [4.78, 5) is 26.4. The largest absolute Gasteiger partial charge is 0.365 e. The van der Waals surface area contributed by atoms with Gasteiger partial charge >= 0.3 is 0 Å². The normalized spacial score (nSPS) is 14.3. The molecule has 0 unspecified atom stereocenters. The van der Waals surface area contributed by atoms with Crippen LogP contribution in [-0.2, 0) is 17.9 Å². The zero-order valence-corrected chi connectivity index (χ0v) is 23.8. The van der Waals surface area contributed by atoms with Crippen molar-refractivity contribution in [1.82, 2.24) is 14.9 Å². The van der Waals surface area contributed by atoms with Crippen molar-refractivity contribution < 1.29 is 9.18 Å². The van der Waals surface area contributed by atoms with E-state index in [-0.39, 0.29) is 16.8 Å². The van der Waals surface area contributed by atoms with Crippen LogP contribution in [0.4, 0.5) is 21.8 Å². The van der Waals surface area contributed by atoms with Gasteiger partial charge in [-0.3, -0.25) is 9.69 Å². The second kappa shape index (κ2) is 12.2. The number of hydrogen-bond donors (Lipinski definition) is 2. The first-order valence-electron chi connectivity index (χ1n) is 13.5. The molecular weight excluding hydrogens is 527 g/mol. The summed E-state index contributed by atoms with van der Waals surface area (Å²) in [7, 11) is 3.86. The minimum Gasteiger partial charge on any atom is -0.365 e. The number of piperidine rings is 1. The lowest BCUT2D eigenvalue weighted by Crippen LogP contribution is -2.37. The average molecular weight is 561 g/mol. The molecule has 208 valence electrons. The van der Waals surface area contributed by atoms with Gasteiger partial charge in [0.05, 0.1) is 10.5 Å². The predicted octanol–water partition coefficient (Wildman–Crippen LogP) is 6.26. The molecule has 1 aliphatic heterocycles. The van der Waals surface area contributed by atoms with E-state index in [9.17, 15) is 9.18 Å². The van der Waals surface area contributed by atoms with Crippen molar-refractivity contribution in [3.05, 3.63) is 88.2 Å². The van der Waals surface area contributed by atoms with Gasteiger partial charge in [0.2, 0.25) is 11.9 Å². The number of rotatable bonds is 8. The third-order valence-electron chi connectivity index (χ3n) is 7.27. The molecule has 1 aliphatic rings. The number of carbonyl (C=O) groups excluding carboxylic acids is 1. The Morgan fingerprint density at radius 3 is 2.45 bits per heavy atom. The number of aryl methyl sites for hydroxylation is 1. The number of carbonyl (C=O) groups is 1. The fourth-order valence-electron chi connectivity index (χ4n) is 4.95. The van der Waals surface area contributed by atoms with E-state index in [0.29, 0.717) is 19.0 Å². The summed E-state index contributed by atoms with van der Waals surface area (Å²) in [6, 6.07) is 19.0. The van der Waals surface area contributed by atoms with Gasteiger partial charge in [-0.25, -0.2) is 9.37 Å². The minimum atomic E-state index is -0.397. The lowest BCUT2D eigenvalue weighted by molar-refractivity contribution is -0.121. The van der Waals surface area contributed by atoms with E-state index in [0.717, 1.165) is 65.0 Å². The summed E-state index contributed by atoms with van der Waals surface area (Å²) >= 11 is 5.79. The monoisotopic (exact) mass is 560 g/mol. The fraction of sp³-hybridized carbons (Fsp3) is 0.323. The Morgan fingerprint density at radius 1 is 1.02 bits per heavy atom. The molecule has 3 aromatic carbocycles. The van der Waals surface area contributed by atoms with Gasteiger partial charge in [0, 0.05) is 44.2 Å². The Kier molecular flexibility index (Phi) is 8.47. The summed E-state index contributed by atoms with van der Waals surface area (Å²) in [6.07, 6.45) is 1.54. The number of hydrogen-bond acceptors (Lipinski definition) is 6. The molecule has 5 rings (SSSR count). The summed E-state index contributed by atoms with van der Waals surface area (Å²) in [5.74, 6) is 1.05. The topological polar surface area (TPSA) is 73.4 Å². The van der Waals surface area contributed by atoms with Crippen LogP contribution in [0.5, 0.6) is 0 Å². The highest BCUT2D eigenvalue weighted by Crippen LogP contribution is 2.26. The van der Waals surface area contributed by atoms with Gasteiger partial charge in [-0.1, -0.05) is 35.9 Å². The number of likely N-dealkylation sites (tertiary alicyclic amines) is 1. The zero-order chi connectivity index (χ0) is 28.2. The Bertz CT molecular complexity index is 1500. The van der Waals surface area contributed by atoms with Crippen molar-refractivity contribution in [1.29, 1.82) is 0 Å². The lowest BCUT2D eigenvalue weighted by atomic mass is 9.95. The van der Waals surface area contributed by atoms with Crippen molar-refractivity contribution in [2.24, 2.45) is 5.92 Å². The third kappa shape index (κ3) is 6.69. The van der Waals surface area contributed by atoms with E-state index >= 15 is 0 Å². The Hall–Kier alpha value is -3.75. The summed E-state index contributed by atoms with van der Waals surface area (Å²) in [6.45, 7) is 4.88. The maximum Gasteiger partial charge on any atom is 0.227 e. The smallest absolute Gasteiger partial charge is 0.227 e. The molecule has 0 radical (unpaired) electrons. The highest BCUT2D eigenvalue weighted by molar-refractivity contribution is 6.30. The van der Waals surface area contributed by atoms with E-state index < -0.39 is 5.82 Å². The molecule has 7 nitrogen and oxygen atoms in total. The molecule has 0 aliphatic carbocycles. The third-order valence-corrected chi connectivity index (χ3v) is 7.58. The van der Waals surface area contributed by atoms with Crippen molar-refractivity contribution in [2.75, 3.05) is 42.7 Å². The highest BCUT2D eigenvalue weighted by Gasteiger charge is 2.25. The number of aromatic nitrogens is 2. The van der Waals surface area contributed by atoms with Crippen LogP contribution in [-0.4, -0.2) is 48.0 Å². The Morgan fingerprint density at radius 2 is 1.75 bits per heavy atom. The Labute approximate surface area is 239 Å². The maximum atomic E-state index is 13.7. The molecular formula is C31H34ClFN6O. The van der Waals surface area contributed by atoms with Crippen molar-refractivity contribution in [3.8, 4) is 0 Å². The number of amides is 1. The van der Waals surface area contributed by atoms with Gasteiger partial charge in [-0.2, -0.15) is 4.98 Å². The molecule has 9 heteroatoms. The fourth-order valence-corrected chi connectivity index (χ4v) is 5.07. The van der Waals surface area contributed by atoms with E-state index in [1.165, 1.54) is 6.07 Å². The van der Waals surface area contributed by atoms with Crippen LogP contribution >= 0.6 is 11.6 Å². The molecule has 4 aromatic rings. The van der Waals surface area contributed by atoms with Crippen LogP contribution in [0.1, 0.15) is 29.5 Å². The van der Waals surface area contributed by atoms with Crippen molar-refractivity contribution in [3.63, 3.8) is 0 Å².